The highest BCUT2D eigenvalue weighted by Crippen LogP contribution is 2.28. The van der Waals surface area contributed by atoms with E-state index in [1.165, 1.54) is 0 Å². The maximum atomic E-state index is 11.2. The molecule has 2 rings (SSSR count). The molecule has 4 nitrogen and oxygen atoms in total. The summed E-state index contributed by atoms with van der Waals surface area (Å²) in [6.45, 7) is 3.50. The van der Waals surface area contributed by atoms with Gasteiger partial charge in [-0.15, -0.1) is 0 Å². The molecule has 0 fully saturated rings. The van der Waals surface area contributed by atoms with Gasteiger partial charge in [-0.2, -0.15) is 0 Å². The van der Waals surface area contributed by atoms with Gasteiger partial charge in [0.2, 0.25) is 0 Å². The average Bonchev–Trinajstić information content (AvgIpc) is 2.85. The van der Waals surface area contributed by atoms with Gasteiger partial charge in [0.05, 0.1) is 13.7 Å². The van der Waals surface area contributed by atoms with Gasteiger partial charge in [0, 0.05) is 27.7 Å². The lowest BCUT2D eigenvalue weighted by molar-refractivity contribution is 0.406. The summed E-state index contributed by atoms with van der Waals surface area (Å²) in [7, 11) is 0.885. The Bertz CT molecular complexity index is 594. The Kier molecular flexibility index (Phi) is 5.20. The Morgan fingerprint density at radius 2 is 2.25 bits per heavy atom. The quantitative estimate of drug-likeness (QED) is 0.798. The minimum atomic E-state index is -0.755. The number of para-hydroxylation sites is 1. The van der Waals surface area contributed by atoms with Crippen molar-refractivity contribution in [3.8, 4) is 5.75 Å². The maximum Gasteiger partial charge on any atom is 0.176 e. The van der Waals surface area contributed by atoms with Gasteiger partial charge in [0.15, 0.2) is 11.3 Å². The van der Waals surface area contributed by atoms with E-state index in [1.54, 1.807) is 13.4 Å². The van der Waals surface area contributed by atoms with Crippen molar-refractivity contribution in [3.63, 3.8) is 0 Å². The molecule has 0 aliphatic heterocycles. The summed E-state index contributed by atoms with van der Waals surface area (Å²) in [4.78, 5) is 0. The SMILES string of the molecule is COc1cccc2cc(CNCCC(C)S(C)=O)oc12. The Morgan fingerprint density at radius 3 is 2.95 bits per heavy atom. The first-order valence-corrected chi connectivity index (χ1v) is 8.32. The highest BCUT2D eigenvalue weighted by molar-refractivity contribution is 7.84. The van der Waals surface area contributed by atoms with Crippen LogP contribution in [0.15, 0.2) is 28.7 Å². The normalized spacial score (nSPS) is 14.3. The second-order valence-electron chi connectivity index (χ2n) is 4.87. The van der Waals surface area contributed by atoms with Crippen LogP contribution >= 0.6 is 0 Å². The van der Waals surface area contributed by atoms with Crippen LogP contribution in [0.1, 0.15) is 19.1 Å². The summed E-state index contributed by atoms with van der Waals surface area (Å²) < 4.78 is 22.3. The number of ether oxygens (including phenoxy) is 1. The fraction of sp³-hybridized carbons (Fsp3) is 0.467. The highest BCUT2D eigenvalue weighted by atomic mass is 32.2. The van der Waals surface area contributed by atoms with Crippen molar-refractivity contribution in [1.82, 2.24) is 5.32 Å². The summed E-state index contributed by atoms with van der Waals surface area (Å²) in [6, 6.07) is 7.87. The van der Waals surface area contributed by atoms with Gasteiger partial charge in [0.25, 0.3) is 0 Å². The highest BCUT2D eigenvalue weighted by Gasteiger charge is 2.09. The molecule has 0 bridgehead atoms. The zero-order valence-electron chi connectivity index (χ0n) is 12.1. The van der Waals surface area contributed by atoms with Gasteiger partial charge in [-0.1, -0.05) is 19.1 Å². The van der Waals surface area contributed by atoms with E-state index in [0.717, 1.165) is 35.4 Å². The zero-order chi connectivity index (χ0) is 14.5. The summed E-state index contributed by atoms with van der Waals surface area (Å²) in [5.74, 6) is 1.64. The summed E-state index contributed by atoms with van der Waals surface area (Å²) in [5, 5.41) is 4.58. The van der Waals surface area contributed by atoms with Crippen molar-refractivity contribution in [2.45, 2.75) is 25.1 Å². The molecule has 0 saturated heterocycles. The van der Waals surface area contributed by atoms with Crippen LogP contribution in [0.5, 0.6) is 5.75 Å². The molecule has 5 heteroatoms. The molecule has 2 aromatic rings. The lowest BCUT2D eigenvalue weighted by Crippen LogP contribution is -2.20. The second-order valence-corrected chi connectivity index (χ2v) is 6.67. The Morgan fingerprint density at radius 1 is 1.45 bits per heavy atom. The smallest absolute Gasteiger partial charge is 0.176 e. The van der Waals surface area contributed by atoms with Gasteiger partial charge in [-0.25, -0.2) is 0 Å². The molecule has 0 saturated carbocycles. The van der Waals surface area contributed by atoms with E-state index in [0.29, 0.717) is 6.54 Å². The first-order valence-electron chi connectivity index (χ1n) is 6.70. The first-order chi connectivity index (χ1) is 9.61. The van der Waals surface area contributed by atoms with Crippen LogP contribution < -0.4 is 10.1 Å². The van der Waals surface area contributed by atoms with Crippen molar-refractivity contribution < 1.29 is 13.4 Å². The molecule has 110 valence electrons. The average molecular weight is 295 g/mol. The number of nitrogens with one attached hydrogen (secondary N) is 1. The zero-order valence-corrected chi connectivity index (χ0v) is 13.0. The molecule has 0 amide bonds. The summed E-state index contributed by atoms with van der Waals surface area (Å²) in [6.07, 6.45) is 2.64. The Balaban J connectivity index is 1.92. The van der Waals surface area contributed by atoms with E-state index in [-0.39, 0.29) is 5.25 Å². The number of fused-ring (bicyclic) bond motifs is 1. The molecule has 2 atom stereocenters. The third-order valence-electron chi connectivity index (χ3n) is 3.37. The first kappa shape index (κ1) is 15.1. The van der Waals surface area contributed by atoms with E-state index >= 15 is 0 Å². The molecule has 20 heavy (non-hydrogen) atoms. The molecule has 0 radical (unpaired) electrons. The topological polar surface area (TPSA) is 51.5 Å². The van der Waals surface area contributed by atoms with Crippen molar-refractivity contribution in [2.24, 2.45) is 0 Å². The minimum absolute atomic E-state index is 0.221. The van der Waals surface area contributed by atoms with Gasteiger partial charge in [0.1, 0.15) is 5.76 Å². The molecular formula is C15H21NO3S. The lowest BCUT2D eigenvalue weighted by Gasteiger charge is -2.08. The predicted molar refractivity (Wildman–Crippen MR) is 82.6 cm³/mol. The molecule has 2 unspecified atom stereocenters. The van der Waals surface area contributed by atoms with E-state index in [4.69, 9.17) is 9.15 Å². The third kappa shape index (κ3) is 3.61. The number of hydrogen-bond donors (Lipinski definition) is 1. The molecule has 1 N–H and O–H groups in total. The van der Waals surface area contributed by atoms with Crippen molar-refractivity contribution in [2.75, 3.05) is 19.9 Å². The van der Waals surface area contributed by atoms with Crippen molar-refractivity contribution in [1.29, 1.82) is 0 Å². The summed E-state index contributed by atoms with van der Waals surface area (Å²) >= 11 is 0. The summed E-state index contributed by atoms with van der Waals surface area (Å²) in [5.41, 5.74) is 0.787. The number of rotatable bonds is 7. The molecule has 0 aliphatic carbocycles. The van der Waals surface area contributed by atoms with E-state index < -0.39 is 10.8 Å². The molecule has 1 aromatic carbocycles. The lowest BCUT2D eigenvalue weighted by atomic mass is 10.2. The van der Waals surface area contributed by atoms with Crippen LogP contribution in [-0.4, -0.2) is 29.4 Å². The molecule has 0 spiro atoms. The largest absolute Gasteiger partial charge is 0.493 e. The van der Waals surface area contributed by atoms with Gasteiger partial charge < -0.3 is 14.5 Å². The Hall–Kier alpha value is -1.33. The van der Waals surface area contributed by atoms with E-state index in [1.807, 2.05) is 31.2 Å². The number of benzene rings is 1. The van der Waals surface area contributed by atoms with Crippen LogP contribution in [0.4, 0.5) is 0 Å². The van der Waals surface area contributed by atoms with Gasteiger partial charge in [-0.3, -0.25) is 4.21 Å². The third-order valence-corrected chi connectivity index (χ3v) is 4.74. The van der Waals surface area contributed by atoms with Crippen LogP contribution in [0.2, 0.25) is 0 Å². The van der Waals surface area contributed by atoms with Crippen LogP contribution in [0.3, 0.4) is 0 Å². The number of furan rings is 1. The van der Waals surface area contributed by atoms with Gasteiger partial charge in [-0.05, 0) is 25.1 Å². The fourth-order valence-corrected chi connectivity index (χ4v) is 2.47. The van der Waals surface area contributed by atoms with E-state index in [2.05, 4.69) is 5.32 Å². The second kappa shape index (κ2) is 6.90. The number of hydrogen-bond acceptors (Lipinski definition) is 4. The molecular weight excluding hydrogens is 274 g/mol. The van der Waals surface area contributed by atoms with Gasteiger partial charge >= 0.3 is 0 Å². The van der Waals surface area contributed by atoms with Crippen LogP contribution in [0, 0.1) is 0 Å². The predicted octanol–water partition coefficient (Wildman–Crippen LogP) is 2.69. The maximum absolute atomic E-state index is 11.2. The Labute approximate surface area is 121 Å². The van der Waals surface area contributed by atoms with E-state index in [9.17, 15) is 4.21 Å². The standard InChI is InChI=1S/C15H21NO3S/c1-11(20(3)17)7-8-16-10-13-9-12-5-4-6-14(18-2)15(12)19-13/h4-6,9,11,16H,7-8,10H2,1-3H3. The van der Waals surface area contributed by atoms with Crippen LogP contribution in [-0.2, 0) is 17.3 Å². The van der Waals surface area contributed by atoms with Crippen molar-refractivity contribution >= 4 is 21.8 Å². The van der Waals surface area contributed by atoms with Crippen molar-refractivity contribution in [3.05, 3.63) is 30.0 Å². The number of methoxy groups -OCH3 is 1. The van der Waals surface area contributed by atoms with Crippen LogP contribution in [0.25, 0.3) is 11.0 Å². The fourth-order valence-electron chi connectivity index (χ4n) is 2.02. The monoisotopic (exact) mass is 295 g/mol. The minimum Gasteiger partial charge on any atom is -0.493 e. The molecule has 1 aromatic heterocycles. The molecule has 0 aliphatic rings. The molecule has 1 heterocycles.